The third kappa shape index (κ3) is 5.68. The van der Waals surface area contributed by atoms with Crippen molar-refractivity contribution in [3.63, 3.8) is 0 Å². The summed E-state index contributed by atoms with van der Waals surface area (Å²) in [5.41, 5.74) is 3.70. The van der Waals surface area contributed by atoms with Gasteiger partial charge in [0.15, 0.2) is 0 Å². The number of thiazole rings is 1. The molecule has 0 atom stereocenters. The smallest absolute Gasteiger partial charge is 0.242 e. The van der Waals surface area contributed by atoms with Crippen LogP contribution in [0.25, 0.3) is 10.9 Å². The largest absolute Gasteiger partial charge is 0.342 e. The molecule has 2 aromatic carbocycles. The molecular weight excluding hydrogens is 432 g/mol. The van der Waals surface area contributed by atoms with Crippen molar-refractivity contribution in [3.05, 3.63) is 82.4 Å². The molecule has 2 heterocycles. The maximum absolute atomic E-state index is 12.6. The number of nitrogens with zero attached hydrogens (tertiary/aromatic N) is 3. The van der Waals surface area contributed by atoms with Crippen LogP contribution in [0.2, 0.25) is 0 Å². The molecule has 0 spiro atoms. The summed E-state index contributed by atoms with van der Waals surface area (Å²) >= 11 is 1.58. The van der Waals surface area contributed by atoms with Crippen molar-refractivity contribution in [2.24, 2.45) is 0 Å². The van der Waals surface area contributed by atoms with E-state index in [1.165, 1.54) is 5.56 Å². The molecule has 170 valence electrons. The van der Waals surface area contributed by atoms with Gasteiger partial charge in [0, 0.05) is 47.7 Å². The molecule has 2 amide bonds. The van der Waals surface area contributed by atoms with Crippen molar-refractivity contribution in [3.8, 4) is 0 Å². The van der Waals surface area contributed by atoms with Gasteiger partial charge >= 0.3 is 0 Å². The van der Waals surface area contributed by atoms with Gasteiger partial charge < -0.3 is 14.8 Å². The maximum Gasteiger partial charge on any atom is 0.242 e. The van der Waals surface area contributed by atoms with Crippen LogP contribution >= 0.6 is 11.3 Å². The Morgan fingerprint density at radius 1 is 1.06 bits per heavy atom. The summed E-state index contributed by atoms with van der Waals surface area (Å²) in [6, 6.07) is 17.9. The Morgan fingerprint density at radius 2 is 1.85 bits per heavy atom. The van der Waals surface area contributed by atoms with Crippen LogP contribution in [-0.4, -0.2) is 39.4 Å². The lowest BCUT2D eigenvalue weighted by molar-refractivity contribution is -0.131. The Morgan fingerprint density at radius 3 is 2.61 bits per heavy atom. The molecule has 0 bridgehead atoms. The average Bonchev–Trinajstić information content (AvgIpc) is 3.41. The van der Waals surface area contributed by atoms with Crippen LogP contribution < -0.4 is 5.32 Å². The molecule has 0 unspecified atom stereocenters. The first-order valence-electron chi connectivity index (χ1n) is 11.2. The summed E-state index contributed by atoms with van der Waals surface area (Å²) in [4.78, 5) is 31.5. The lowest BCUT2D eigenvalue weighted by atomic mass is 10.2. The molecule has 0 saturated carbocycles. The van der Waals surface area contributed by atoms with E-state index in [0.717, 1.165) is 33.7 Å². The summed E-state index contributed by atoms with van der Waals surface area (Å²) in [6.07, 6.45) is 2.93. The monoisotopic (exact) mass is 460 g/mol. The second kappa shape index (κ2) is 10.4. The Balaban J connectivity index is 1.37. The number of anilines is 1. The minimum Gasteiger partial charge on any atom is -0.342 e. The molecule has 0 aliphatic heterocycles. The van der Waals surface area contributed by atoms with Crippen molar-refractivity contribution >= 4 is 39.7 Å². The first-order chi connectivity index (χ1) is 16.1. The zero-order chi connectivity index (χ0) is 23.2. The maximum atomic E-state index is 12.6. The Labute approximate surface area is 197 Å². The Hall–Kier alpha value is -3.45. The van der Waals surface area contributed by atoms with E-state index in [9.17, 15) is 9.59 Å². The van der Waals surface area contributed by atoms with E-state index in [0.29, 0.717) is 19.6 Å². The van der Waals surface area contributed by atoms with E-state index in [2.05, 4.69) is 22.4 Å². The summed E-state index contributed by atoms with van der Waals surface area (Å²) < 4.78 is 1.95. The quantitative estimate of drug-likeness (QED) is 0.392. The SMILES string of the molecule is CCN(CC)C(=O)Cn1ccc2cc(NC(=O)Cc3csc(Cc4ccccc4)n3)ccc21. The highest BCUT2D eigenvalue weighted by Gasteiger charge is 2.13. The fourth-order valence-corrected chi connectivity index (χ4v) is 4.72. The number of benzene rings is 2. The standard InChI is InChI=1S/C26H28N4O2S/c1-3-29(4-2)26(32)17-30-13-12-20-15-21(10-11-23(20)30)27-24(31)16-22-18-33-25(28-22)14-19-8-6-5-7-9-19/h5-13,15,18H,3-4,14,16-17H2,1-2H3,(H,27,31). The molecule has 6 nitrogen and oxygen atoms in total. The number of hydrogen-bond donors (Lipinski definition) is 1. The van der Waals surface area contributed by atoms with E-state index in [-0.39, 0.29) is 18.2 Å². The van der Waals surface area contributed by atoms with Crippen LogP contribution in [0.3, 0.4) is 0 Å². The van der Waals surface area contributed by atoms with Crippen LogP contribution in [-0.2, 0) is 29.0 Å². The third-order valence-electron chi connectivity index (χ3n) is 5.62. The van der Waals surface area contributed by atoms with Gasteiger partial charge in [-0.3, -0.25) is 9.59 Å². The number of carbonyl (C=O) groups excluding carboxylic acids is 2. The van der Waals surface area contributed by atoms with Crippen molar-refractivity contribution in [1.82, 2.24) is 14.5 Å². The van der Waals surface area contributed by atoms with Crippen LogP contribution in [0, 0.1) is 0 Å². The number of rotatable bonds is 9. The van der Waals surface area contributed by atoms with Gasteiger partial charge in [-0.05, 0) is 43.7 Å². The van der Waals surface area contributed by atoms with Crippen molar-refractivity contribution in [2.75, 3.05) is 18.4 Å². The number of carbonyl (C=O) groups is 2. The second-order valence-corrected chi connectivity index (χ2v) is 8.85. The zero-order valence-electron chi connectivity index (χ0n) is 19.0. The van der Waals surface area contributed by atoms with Gasteiger partial charge in [-0.15, -0.1) is 11.3 Å². The molecule has 0 aliphatic carbocycles. The van der Waals surface area contributed by atoms with E-state index < -0.39 is 0 Å². The topological polar surface area (TPSA) is 67.2 Å². The van der Waals surface area contributed by atoms with Gasteiger partial charge in [-0.1, -0.05) is 30.3 Å². The first-order valence-corrected chi connectivity index (χ1v) is 12.1. The molecule has 33 heavy (non-hydrogen) atoms. The predicted octanol–water partition coefficient (Wildman–Crippen LogP) is 4.74. The lowest BCUT2D eigenvalue weighted by Crippen LogP contribution is -2.33. The van der Waals surface area contributed by atoms with Gasteiger partial charge in [-0.25, -0.2) is 4.98 Å². The third-order valence-corrected chi connectivity index (χ3v) is 6.51. The molecule has 0 saturated heterocycles. The van der Waals surface area contributed by atoms with Gasteiger partial charge in [0.05, 0.1) is 17.1 Å². The molecule has 4 rings (SSSR count). The molecule has 0 aliphatic rings. The fourth-order valence-electron chi connectivity index (χ4n) is 3.89. The number of nitrogens with one attached hydrogen (secondary N) is 1. The van der Waals surface area contributed by atoms with Gasteiger partial charge in [0.2, 0.25) is 11.8 Å². The van der Waals surface area contributed by atoms with Crippen LogP contribution in [0.15, 0.2) is 66.2 Å². The number of fused-ring (bicyclic) bond motifs is 1. The van der Waals surface area contributed by atoms with E-state index in [4.69, 9.17) is 0 Å². The number of amides is 2. The summed E-state index contributed by atoms with van der Waals surface area (Å²) in [5, 5.41) is 6.91. The minimum absolute atomic E-state index is 0.0953. The van der Waals surface area contributed by atoms with Crippen molar-refractivity contribution in [1.29, 1.82) is 0 Å². The van der Waals surface area contributed by atoms with Gasteiger partial charge in [-0.2, -0.15) is 0 Å². The predicted molar refractivity (Wildman–Crippen MR) is 134 cm³/mol. The fraction of sp³-hybridized carbons (Fsp3) is 0.269. The highest BCUT2D eigenvalue weighted by atomic mass is 32.1. The highest BCUT2D eigenvalue weighted by molar-refractivity contribution is 7.09. The van der Waals surface area contributed by atoms with Gasteiger partial charge in [0.1, 0.15) is 6.54 Å². The molecule has 7 heteroatoms. The summed E-state index contributed by atoms with van der Waals surface area (Å²) in [6.45, 7) is 5.70. The summed E-state index contributed by atoms with van der Waals surface area (Å²) in [7, 11) is 0. The normalized spacial score (nSPS) is 11.0. The number of likely N-dealkylation sites (N-methyl/N-ethyl adjacent to an activating group) is 1. The van der Waals surface area contributed by atoms with E-state index >= 15 is 0 Å². The first kappa shape index (κ1) is 22.7. The summed E-state index contributed by atoms with van der Waals surface area (Å²) in [5.74, 6) is 0.00632. The molecule has 0 fully saturated rings. The minimum atomic E-state index is -0.0953. The molecule has 2 aromatic heterocycles. The Kier molecular flexibility index (Phi) is 7.19. The number of aromatic nitrogens is 2. The van der Waals surface area contributed by atoms with Crippen LogP contribution in [0.1, 0.15) is 30.1 Å². The van der Waals surface area contributed by atoms with E-state index in [1.54, 1.807) is 11.3 Å². The zero-order valence-corrected chi connectivity index (χ0v) is 19.8. The van der Waals surface area contributed by atoms with Crippen LogP contribution in [0.5, 0.6) is 0 Å². The molecule has 1 N–H and O–H groups in total. The Bertz CT molecular complexity index is 1240. The molecule has 4 aromatic rings. The average molecular weight is 461 g/mol. The van der Waals surface area contributed by atoms with E-state index in [1.807, 2.05) is 77.4 Å². The van der Waals surface area contributed by atoms with Crippen molar-refractivity contribution in [2.45, 2.75) is 33.2 Å². The lowest BCUT2D eigenvalue weighted by Gasteiger charge is -2.19. The molecule has 0 radical (unpaired) electrons. The number of hydrogen-bond acceptors (Lipinski definition) is 4. The molecular formula is C26H28N4O2S. The van der Waals surface area contributed by atoms with Crippen molar-refractivity contribution < 1.29 is 9.59 Å². The highest BCUT2D eigenvalue weighted by Crippen LogP contribution is 2.21. The van der Waals surface area contributed by atoms with Gasteiger partial charge in [0.25, 0.3) is 0 Å². The van der Waals surface area contributed by atoms with Crippen LogP contribution in [0.4, 0.5) is 5.69 Å². The second-order valence-electron chi connectivity index (χ2n) is 7.90.